The number of phenolic OH excluding ortho intramolecular Hbond substituents is 2. The first-order valence-corrected chi connectivity index (χ1v) is 9.47. The van der Waals surface area contributed by atoms with Gasteiger partial charge in [-0.1, -0.05) is 6.07 Å². The number of carbonyl (C=O) groups is 2. The molecule has 1 aliphatic heterocycles. The zero-order chi connectivity index (χ0) is 23.2. The Bertz CT molecular complexity index is 1250. The predicted molar refractivity (Wildman–Crippen MR) is 111 cm³/mol. The summed E-state index contributed by atoms with van der Waals surface area (Å²) in [5.74, 6) is -4.38. The molecule has 10 heteroatoms. The maximum Gasteiger partial charge on any atom is 0.339 e. The summed E-state index contributed by atoms with van der Waals surface area (Å²) in [7, 11) is 2.57. The lowest BCUT2D eigenvalue weighted by Crippen LogP contribution is -2.26. The molecular weight excluding hydrogens is 423 g/mol. The number of aromatic nitrogens is 1. The summed E-state index contributed by atoms with van der Waals surface area (Å²) in [6.45, 7) is 0. The van der Waals surface area contributed by atoms with Crippen molar-refractivity contribution in [2.24, 2.45) is 0 Å². The molecule has 166 valence electrons. The van der Waals surface area contributed by atoms with Crippen molar-refractivity contribution in [1.29, 1.82) is 0 Å². The van der Waals surface area contributed by atoms with Crippen LogP contribution in [0.1, 0.15) is 34.0 Å². The van der Waals surface area contributed by atoms with Crippen LogP contribution < -0.4 is 14.8 Å². The number of benzene rings is 2. The molecule has 3 aromatic rings. The third kappa shape index (κ3) is 3.25. The highest BCUT2D eigenvalue weighted by Crippen LogP contribution is 2.51. The lowest BCUT2D eigenvalue weighted by atomic mass is 9.87. The van der Waals surface area contributed by atoms with Crippen molar-refractivity contribution in [3.05, 3.63) is 59.2 Å². The summed E-state index contributed by atoms with van der Waals surface area (Å²) in [5.41, 5.74) is 0.832. The summed E-state index contributed by atoms with van der Waals surface area (Å²) in [5, 5.41) is 32.9. The highest BCUT2D eigenvalue weighted by Gasteiger charge is 2.37. The molecule has 1 aromatic heterocycles. The number of aromatic carboxylic acids is 1. The standard InChI is InChI=1S/C22H19FN2O7/c1-31-15-7-13(21(32-2)20(28)19(15)27)12-8-16(26)24-17-14(22(29)30)9-25(18(12)17)11-5-3-4-10(23)6-11/h3-7,9,12,27-28H,8H2,1-2H3,(H,24,26)(H,29,30). The number of ether oxygens (including phenoxy) is 2. The van der Waals surface area contributed by atoms with Gasteiger partial charge in [0.15, 0.2) is 11.5 Å². The van der Waals surface area contributed by atoms with Crippen molar-refractivity contribution in [2.45, 2.75) is 12.3 Å². The number of nitrogens with one attached hydrogen (secondary N) is 1. The summed E-state index contributed by atoms with van der Waals surface area (Å²) < 4.78 is 25.8. The van der Waals surface area contributed by atoms with Crippen molar-refractivity contribution in [1.82, 2.24) is 4.57 Å². The molecular formula is C22H19FN2O7. The second-order valence-corrected chi connectivity index (χ2v) is 7.16. The number of fused-ring (bicyclic) bond motifs is 1. The Labute approximate surface area is 181 Å². The van der Waals surface area contributed by atoms with Gasteiger partial charge < -0.3 is 34.7 Å². The minimum Gasteiger partial charge on any atom is -0.502 e. The monoisotopic (exact) mass is 442 g/mol. The molecule has 0 aliphatic carbocycles. The van der Waals surface area contributed by atoms with Gasteiger partial charge in [-0.25, -0.2) is 9.18 Å². The van der Waals surface area contributed by atoms with Crippen LogP contribution in [0, 0.1) is 5.82 Å². The second kappa shape index (κ2) is 7.80. The molecule has 1 amide bonds. The van der Waals surface area contributed by atoms with E-state index in [-0.39, 0.29) is 34.7 Å². The Balaban J connectivity index is 2.05. The van der Waals surface area contributed by atoms with Crippen LogP contribution >= 0.6 is 0 Å². The second-order valence-electron chi connectivity index (χ2n) is 7.16. The van der Waals surface area contributed by atoms with E-state index in [2.05, 4.69) is 5.32 Å². The van der Waals surface area contributed by atoms with Crippen LogP contribution in [0.5, 0.6) is 23.0 Å². The topological polar surface area (TPSA) is 130 Å². The quantitative estimate of drug-likeness (QED) is 0.446. The number of amides is 1. The van der Waals surface area contributed by atoms with E-state index in [4.69, 9.17) is 9.47 Å². The van der Waals surface area contributed by atoms with Gasteiger partial charge in [0.2, 0.25) is 17.4 Å². The zero-order valence-corrected chi connectivity index (χ0v) is 17.0. The SMILES string of the molecule is COc1cc(C2CC(=O)Nc3c(C(=O)O)cn(-c4cccc(F)c4)c32)c(OC)c(O)c1O. The van der Waals surface area contributed by atoms with Crippen molar-refractivity contribution in [3.63, 3.8) is 0 Å². The van der Waals surface area contributed by atoms with E-state index in [0.29, 0.717) is 11.4 Å². The fourth-order valence-electron chi connectivity index (χ4n) is 3.99. The van der Waals surface area contributed by atoms with Gasteiger partial charge >= 0.3 is 5.97 Å². The van der Waals surface area contributed by atoms with Crippen molar-refractivity contribution >= 4 is 17.6 Å². The van der Waals surface area contributed by atoms with E-state index in [0.717, 1.165) is 0 Å². The largest absolute Gasteiger partial charge is 0.502 e. The third-order valence-corrected chi connectivity index (χ3v) is 5.37. The number of rotatable bonds is 5. The summed E-state index contributed by atoms with van der Waals surface area (Å²) in [6, 6.07) is 6.96. The van der Waals surface area contributed by atoms with Gasteiger partial charge in [-0.15, -0.1) is 0 Å². The molecule has 1 aliphatic rings. The van der Waals surface area contributed by atoms with Crippen LogP contribution in [-0.2, 0) is 4.79 Å². The van der Waals surface area contributed by atoms with E-state index >= 15 is 0 Å². The molecule has 2 aromatic carbocycles. The number of nitrogens with zero attached hydrogens (tertiary/aromatic N) is 1. The van der Waals surface area contributed by atoms with Gasteiger partial charge in [0.25, 0.3) is 0 Å². The van der Waals surface area contributed by atoms with E-state index in [1.807, 2.05) is 0 Å². The molecule has 4 N–H and O–H groups in total. The van der Waals surface area contributed by atoms with Crippen LogP contribution in [0.25, 0.3) is 5.69 Å². The highest BCUT2D eigenvalue weighted by molar-refractivity contribution is 6.04. The number of aromatic hydroxyl groups is 2. The number of methoxy groups -OCH3 is 2. The fraction of sp³-hybridized carbons (Fsp3) is 0.182. The molecule has 9 nitrogen and oxygen atoms in total. The molecule has 0 spiro atoms. The lowest BCUT2D eigenvalue weighted by molar-refractivity contribution is -0.116. The number of phenols is 2. The van der Waals surface area contributed by atoms with Crippen LogP contribution in [0.4, 0.5) is 10.1 Å². The van der Waals surface area contributed by atoms with Crippen molar-refractivity contribution in [2.75, 3.05) is 19.5 Å². The van der Waals surface area contributed by atoms with Gasteiger partial charge in [-0.05, 0) is 24.3 Å². The Hall–Kier alpha value is -4.21. The van der Waals surface area contributed by atoms with E-state index in [1.165, 1.54) is 49.2 Å². The van der Waals surface area contributed by atoms with Crippen LogP contribution in [0.15, 0.2) is 36.5 Å². The van der Waals surface area contributed by atoms with Crippen LogP contribution in [-0.4, -0.2) is 46.0 Å². The third-order valence-electron chi connectivity index (χ3n) is 5.37. The van der Waals surface area contributed by atoms with Crippen molar-refractivity contribution < 1.29 is 38.8 Å². The Morgan fingerprint density at radius 1 is 1.19 bits per heavy atom. The molecule has 0 bridgehead atoms. The van der Waals surface area contributed by atoms with Gasteiger partial charge in [-0.2, -0.15) is 0 Å². The number of anilines is 1. The van der Waals surface area contributed by atoms with Crippen molar-refractivity contribution in [3.8, 4) is 28.7 Å². The number of hydrogen-bond acceptors (Lipinski definition) is 6. The Morgan fingerprint density at radius 3 is 2.56 bits per heavy atom. The Kier molecular flexibility index (Phi) is 5.13. The maximum atomic E-state index is 14.0. The maximum absolute atomic E-state index is 14.0. The predicted octanol–water partition coefficient (Wildman–Crippen LogP) is 3.22. The molecule has 2 heterocycles. The summed E-state index contributed by atoms with van der Waals surface area (Å²) in [4.78, 5) is 24.4. The first-order valence-electron chi connectivity index (χ1n) is 9.47. The average molecular weight is 442 g/mol. The minimum absolute atomic E-state index is 0.0524. The van der Waals surface area contributed by atoms with E-state index in [9.17, 15) is 29.3 Å². The lowest BCUT2D eigenvalue weighted by Gasteiger charge is -2.28. The molecule has 0 saturated heterocycles. The fourth-order valence-corrected chi connectivity index (χ4v) is 3.99. The Morgan fingerprint density at radius 2 is 1.94 bits per heavy atom. The first-order chi connectivity index (χ1) is 15.3. The first kappa shape index (κ1) is 21.0. The summed E-state index contributed by atoms with van der Waals surface area (Å²) >= 11 is 0. The molecule has 0 radical (unpaired) electrons. The van der Waals surface area contributed by atoms with Crippen LogP contribution in [0.3, 0.4) is 0 Å². The smallest absolute Gasteiger partial charge is 0.339 e. The number of hydrogen-bond donors (Lipinski definition) is 4. The molecule has 1 unspecified atom stereocenters. The number of carbonyl (C=O) groups excluding carboxylic acids is 1. The minimum atomic E-state index is -1.28. The summed E-state index contributed by atoms with van der Waals surface area (Å²) in [6.07, 6.45) is 1.17. The van der Waals surface area contributed by atoms with Gasteiger partial charge in [0, 0.05) is 29.8 Å². The van der Waals surface area contributed by atoms with Gasteiger partial charge in [-0.3, -0.25) is 4.79 Å². The normalized spacial score (nSPS) is 15.1. The van der Waals surface area contributed by atoms with Crippen LogP contribution in [0.2, 0.25) is 0 Å². The number of halogens is 1. The molecule has 0 fully saturated rings. The number of carboxylic acid groups (broad SMARTS) is 1. The molecule has 4 rings (SSSR count). The van der Waals surface area contributed by atoms with E-state index in [1.54, 1.807) is 6.07 Å². The molecule has 0 saturated carbocycles. The van der Waals surface area contributed by atoms with Gasteiger partial charge in [0.05, 0.1) is 25.6 Å². The zero-order valence-electron chi connectivity index (χ0n) is 17.0. The average Bonchev–Trinajstić information content (AvgIpc) is 3.14. The number of carboxylic acids is 1. The molecule has 32 heavy (non-hydrogen) atoms. The molecule has 1 atom stereocenters. The van der Waals surface area contributed by atoms with Gasteiger partial charge in [0.1, 0.15) is 11.4 Å². The highest BCUT2D eigenvalue weighted by atomic mass is 19.1. The van der Waals surface area contributed by atoms with E-state index < -0.39 is 35.1 Å².